The lowest BCUT2D eigenvalue weighted by molar-refractivity contribution is -0.114. The fourth-order valence-electron chi connectivity index (χ4n) is 2.14. The molecule has 1 amide bonds. The molecule has 2 aromatic carbocycles. The van der Waals surface area contributed by atoms with Crippen LogP contribution in [-0.4, -0.2) is 12.5 Å². The first-order valence-electron chi connectivity index (χ1n) is 7.35. The number of rotatable bonds is 5. The smallest absolute Gasteiger partial charge is 0.243 e. The normalized spacial score (nSPS) is 10.6. The van der Waals surface area contributed by atoms with Crippen molar-refractivity contribution < 1.29 is 9.18 Å². The molecule has 0 bridgehead atoms. The molecule has 0 fully saturated rings. The third-order valence-electron chi connectivity index (χ3n) is 3.48. The molecule has 2 aromatic rings. The molecule has 0 radical (unpaired) electrons. The molecule has 22 heavy (non-hydrogen) atoms. The van der Waals surface area contributed by atoms with E-state index in [1.807, 2.05) is 31.2 Å². The largest absolute Gasteiger partial charge is 0.376 e. The fraction of sp³-hybridized carbons (Fsp3) is 0.278. The van der Waals surface area contributed by atoms with Gasteiger partial charge in [-0.1, -0.05) is 32.0 Å². The predicted octanol–water partition coefficient (Wildman–Crippen LogP) is 4.31. The Morgan fingerprint density at radius 1 is 1.18 bits per heavy atom. The van der Waals surface area contributed by atoms with E-state index in [1.54, 1.807) is 6.07 Å². The number of aryl methyl sites for hydroxylation is 1. The van der Waals surface area contributed by atoms with Crippen molar-refractivity contribution in [2.75, 3.05) is 17.2 Å². The fourth-order valence-corrected chi connectivity index (χ4v) is 2.14. The summed E-state index contributed by atoms with van der Waals surface area (Å²) in [5, 5.41) is 5.81. The average molecular weight is 300 g/mol. The Bertz CT molecular complexity index is 668. The lowest BCUT2D eigenvalue weighted by Gasteiger charge is -2.12. The van der Waals surface area contributed by atoms with Crippen molar-refractivity contribution in [3.05, 3.63) is 59.4 Å². The Morgan fingerprint density at radius 3 is 2.68 bits per heavy atom. The van der Waals surface area contributed by atoms with Gasteiger partial charge in [0.1, 0.15) is 5.82 Å². The van der Waals surface area contributed by atoms with Crippen molar-refractivity contribution in [1.29, 1.82) is 0 Å². The molecule has 4 heteroatoms. The lowest BCUT2D eigenvalue weighted by atomic mass is 10.0. The Hall–Kier alpha value is -2.36. The van der Waals surface area contributed by atoms with Crippen LogP contribution in [-0.2, 0) is 4.79 Å². The van der Waals surface area contributed by atoms with Gasteiger partial charge < -0.3 is 10.6 Å². The number of anilines is 2. The predicted molar refractivity (Wildman–Crippen MR) is 88.8 cm³/mol. The Labute approximate surface area is 130 Å². The van der Waals surface area contributed by atoms with Crippen LogP contribution in [0, 0.1) is 12.7 Å². The van der Waals surface area contributed by atoms with Crippen LogP contribution in [0.5, 0.6) is 0 Å². The van der Waals surface area contributed by atoms with E-state index < -0.39 is 0 Å². The van der Waals surface area contributed by atoms with Crippen LogP contribution in [0.4, 0.5) is 15.8 Å². The zero-order valence-corrected chi connectivity index (χ0v) is 13.1. The van der Waals surface area contributed by atoms with E-state index in [0.717, 1.165) is 11.3 Å². The van der Waals surface area contributed by atoms with Gasteiger partial charge in [-0.2, -0.15) is 0 Å². The molecule has 0 aliphatic carbocycles. The maximum Gasteiger partial charge on any atom is 0.243 e. The molecule has 116 valence electrons. The Balaban J connectivity index is 1.96. The van der Waals surface area contributed by atoms with Gasteiger partial charge in [0.2, 0.25) is 5.91 Å². The number of halogens is 1. The van der Waals surface area contributed by atoms with E-state index in [4.69, 9.17) is 0 Å². The number of carbonyl (C=O) groups is 1. The van der Waals surface area contributed by atoms with Crippen molar-refractivity contribution >= 4 is 17.3 Å². The van der Waals surface area contributed by atoms with Crippen molar-refractivity contribution in [1.82, 2.24) is 0 Å². The second-order valence-electron chi connectivity index (χ2n) is 5.64. The highest BCUT2D eigenvalue weighted by atomic mass is 19.1. The van der Waals surface area contributed by atoms with E-state index >= 15 is 0 Å². The van der Waals surface area contributed by atoms with E-state index in [9.17, 15) is 9.18 Å². The van der Waals surface area contributed by atoms with Crippen LogP contribution in [0.2, 0.25) is 0 Å². The number of hydrogen-bond donors (Lipinski definition) is 2. The monoisotopic (exact) mass is 300 g/mol. The summed E-state index contributed by atoms with van der Waals surface area (Å²) >= 11 is 0. The first kappa shape index (κ1) is 16.0. The van der Waals surface area contributed by atoms with Crippen molar-refractivity contribution in [2.45, 2.75) is 26.7 Å². The summed E-state index contributed by atoms with van der Waals surface area (Å²) in [5.74, 6) is -0.0763. The zero-order valence-electron chi connectivity index (χ0n) is 13.1. The number of benzene rings is 2. The van der Waals surface area contributed by atoms with Gasteiger partial charge in [0.05, 0.1) is 6.54 Å². The second-order valence-corrected chi connectivity index (χ2v) is 5.64. The molecule has 0 aromatic heterocycles. The summed E-state index contributed by atoms with van der Waals surface area (Å²) in [7, 11) is 0. The standard InChI is InChI=1S/C18H21FN2O/c1-12(2)14-5-4-6-16(9-14)21-18(22)11-20-17-10-15(19)8-7-13(17)3/h4-10,12,20H,11H2,1-3H3,(H,21,22). The molecule has 0 heterocycles. The third kappa shape index (κ3) is 4.32. The Morgan fingerprint density at radius 2 is 1.95 bits per heavy atom. The van der Waals surface area contributed by atoms with E-state index in [1.165, 1.54) is 17.7 Å². The Kier molecular flexibility index (Phi) is 5.15. The highest BCUT2D eigenvalue weighted by Crippen LogP contribution is 2.19. The summed E-state index contributed by atoms with van der Waals surface area (Å²) in [6.45, 7) is 6.17. The van der Waals surface area contributed by atoms with Crippen LogP contribution < -0.4 is 10.6 Å². The minimum Gasteiger partial charge on any atom is -0.376 e. The van der Waals surface area contributed by atoms with Gasteiger partial charge >= 0.3 is 0 Å². The second kappa shape index (κ2) is 7.07. The van der Waals surface area contributed by atoms with Crippen molar-refractivity contribution in [2.24, 2.45) is 0 Å². The molecule has 0 spiro atoms. The highest BCUT2D eigenvalue weighted by Gasteiger charge is 2.06. The van der Waals surface area contributed by atoms with Crippen LogP contribution in [0.15, 0.2) is 42.5 Å². The van der Waals surface area contributed by atoms with Crippen LogP contribution in [0.25, 0.3) is 0 Å². The number of nitrogens with one attached hydrogen (secondary N) is 2. The number of hydrogen-bond acceptors (Lipinski definition) is 2. The van der Waals surface area contributed by atoms with Crippen LogP contribution >= 0.6 is 0 Å². The molecule has 0 atom stereocenters. The van der Waals surface area contributed by atoms with Crippen LogP contribution in [0.3, 0.4) is 0 Å². The molecule has 0 saturated carbocycles. The minimum atomic E-state index is -0.321. The maximum absolute atomic E-state index is 13.2. The van der Waals surface area contributed by atoms with Crippen LogP contribution in [0.1, 0.15) is 30.9 Å². The van der Waals surface area contributed by atoms with Gasteiger partial charge in [-0.3, -0.25) is 4.79 Å². The molecular weight excluding hydrogens is 279 g/mol. The summed E-state index contributed by atoms with van der Waals surface area (Å²) in [5.41, 5.74) is 3.47. The number of amides is 1. The van der Waals surface area contributed by atoms with E-state index in [0.29, 0.717) is 11.6 Å². The zero-order chi connectivity index (χ0) is 16.1. The first-order chi connectivity index (χ1) is 10.5. The van der Waals surface area contributed by atoms with Gasteiger partial charge in [-0.15, -0.1) is 0 Å². The quantitative estimate of drug-likeness (QED) is 0.864. The third-order valence-corrected chi connectivity index (χ3v) is 3.48. The molecule has 2 N–H and O–H groups in total. The molecule has 3 nitrogen and oxygen atoms in total. The minimum absolute atomic E-state index is 0.0935. The highest BCUT2D eigenvalue weighted by molar-refractivity contribution is 5.93. The summed E-state index contributed by atoms with van der Waals surface area (Å²) in [4.78, 5) is 12.0. The first-order valence-corrected chi connectivity index (χ1v) is 7.35. The summed E-state index contributed by atoms with van der Waals surface area (Å²) in [6.07, 6.45) is 0. The SMILES string of the molecule is Cc1ccc(F)cc1NCC(=O)Nc1cccc(C(C)C)c1. The van der Waals surface area contributed by atoms with Gasteiger partial charge in [-0.05, 0) is 48.2 Å². The van der Waals surface area contributed by atoms with Gasteiger partial charge in [0.15, 0.2) is 0 Å². The van der Waals surface area contributed by atoms with E-state index in [2.05, 4.69) is 24.5 Å². The molecular formula is C18H21FN2O. The number of carbonyl (C=O) groups excluding carboxylic acids is 1. The molecule has 0 aliphatic rings. The van der Waals surface area contributed by atoms with Gasteiger partial charge in [0.25, 0.3) is 0 Å². The van der Waals surface area contributed by atoms with Crippen molar-refractivity contribution in [3.8, 4) is 0 Å². The molecule has 0 unspecified atom stereocenters. The summed E-state index contributed by atoms with van der Waals surface area (Å²) < 4.78 is 13.2. The molecule has 0 saturated heterocycles. The van der Waals surface area contributed by atoms with Crippen molar-refractivity contribution in [3.63, 3.8) is 0 Å². The average Bonchev–Trinajstić information content (AvgIpc) is 2.48. The molecule has 2 rings (SSSR count). The lowest BCUT2D eigenvalue weighted by Crippen LogP contribution is -2.22. The topological polar surface area (TPSA) is 41.1 Å². The summed E-state index contributed by atoms with van der Waals surface area (Å²) in [6, 6.07) is 12.3. The van der Waals surface area contributed by atoms with E-state index in [-0.39, 0.29) is 18.3 Å². The maximum atomic E-state index is 13.2. The molecule has 0 aliphatic heterocycles. The van der Waals surface area contributed by atoms with Gasteiger partial charge in [-0.25, -0.2) is 4.39 Å². The van der Waals surface area contributed by atoms with Gasteiger partial charge in [0, 0.05) is 11.4 Å².